The first-order chi connectivity index (χ1) is 5.20. The molecule has 0 amide bonds. The van der Waals surface area contributed by atoms with Gasteiger partial charge in [-0.05, 0) is 22.4 Å². The van der Waals surface area contributed by atoms with Gasteiger partial charge in [0, 0.05) is 4.92 Å². The van der Waals surface area contributed by atoms with Gasteiger partial charge in [-0.25, -0.2) is 0 Å². The molecule has 4 nitrogen and oxygen atoms in total. The van der Waals surface area contributed by atoms with Crippen LogP contribution in [0.4, 0.5) is 0 Å². The number of rotatable bonds is 3. The molecule has 0 fully saturated rings. The van der Waals surface area contributed by atoms with Crippen molar-refractivity contribution < 1.29 is 10.0 Å². The summed E-state index contributed by atoms with van der Waals surface area (Å²) in [4.78, 5) is 9.43. The molecule has 0 aliphatic heterocycles. The van der Waals surface area contributed by atoms with Gasteiger partial charge in [-0.1, -0.05) is 0 Å². The number of nitrogens with zero attached hydrogens (tertiary/aromatic N) is 1. The van der Waals surface area contributed by atoms with Crippen LogP contribution in [0.1, 0.15) is 11.7 Å². The Bertz CT molecular complexity index is 234. The highest BCUT2D eigenvalue weighted by Crippen LogP contribution is 2.15. The normalized spacial score (nSPS) is 12.8. The van der Waals surface area contributed by atoms with E-state index in [9.17, 15) is 10.1 Å². The molecular formula is C6H7NO3S. The molecule has 60 valence electrons. The van der Waals surface area contributed by atoms with E-state index in [1.165, 1.54) is 11.3 Å². The van der Waals surface area contributed by atoms with Crippen LogP contribution >= 0.6 is 11.3 Å². The zero-order chi connectivity index (χ0) is 8.27. The van der Waals surface area contributed by atoms with Gasteiger partial charge in [0.25, 0.3) is 0 Å². The molecule has 0 aromatic carbocycles. The Labute approximate surface area is 67.2 Å². The van der Waals surface area contributed by atoms with Crippen LogP contribution in [-0.2, 0) is 0 Å². The van der Waals surface area contributed by atoms with E-state index < -0.39 is 17.6 Å². The van der Waals surface area contributed by atoms with Gasteiger partial charge < -0.3 is 5.11 Å². The maximum atomic E-state index is 9.95. The molecule has 0 saturated heterocycles. The fourth-order valence-corrected chi connectivity index (χ4v) is 1.42. The second kappa shape index (κ2) is 3.45. The van der Waals surface area contributed by atoms with Crippen LogP contribution in [0, 0.1) is 10.1 Å². The lowest BCUT2D eigenvalue weighted by molar-refractivity contribution is -0.491. The molecule has 0 bridgehead atoms. The molecule has 1 heterocycles. The maximum absolute atomic E-state index is 9.95. The van der Waals surface area contributed by atoms with Crippen molar-refractivity contribution in [2.24, 2.45) is 0 Å². The summed E-state index contributed by atoms with van der Waals surface area (Å²) in [5.41, 5.74) is 0.617. The first kappa shape index (κ1) is 8.16. The first-order valence-electron chi connectivity index (χ1n) is 3.02. The highest BCUT2D eigenvalue weighted by atomic mass is 32.1. The van der Waals surface area contributed by atoms with Crippen molar-refractivity contribution in [3.8, 4) is 0 Å². The highest BCUT2D eigenvalue weighted by molar-refractivity contribution is 7.07. The van der Waals surface area contributed by atoms with Crippen molar-refractivity contribution in [3.05, 3.63) is 32.5 Å². The first-order valence-corrected chi connectivity index (χ1v) is 3.96. The van der Waals surface area contributed by atoms with Crippen LogP contribution in [0.5, 0.6) is 0 Å². The van der Waals surface area contributed by atoms with E-state index in [0.29, 0.717) is 5.56 Å². The fraction of sp³-hybridized carbons (Fsp3) is 0.333. The lowest BCUT2D eigenvalue weighted by Crippen LogP contribution is -2.10. The van der Waals surface area contributed by atoms with Crippen molar-refractivity contribution in [3.63, 3.8) is 0 Å². The van der Waals surface area contributed by atoms with Crippen molar-refractivity contribution in [1.82, 2.24) is 0 Å². The van der Waals surface area contributed by atoms with Gasteiger partial charge in [-0.2, -0.15) is 11.3 Å². The van der Waals surface area contributed by atoms with Crippen LogP contribution in [0.25, 0.3) is 0 Å². The Balaban J connectivity index is 2.56. The van der Waals surface area contributed by atoms with Crippen molar-refractivity contribution >= 4 is 11.3 Å². The molecule has 1 rings (SSSR count). The van der Waals surface area contributed by atoms with E-state index in [1.54, 1.807) is 16.8 Å². The summed E-state index contributed by atoms with van der Waals surface area (Å²) in [5.74, 6) is 0. The van der Waals surface area contributed by atoms with E-state index in [4.69, 9.17) is 5.11 Å². The Morgan fingerprint density at radius 2 is 2.55 bits per heavy atom. The maximum Gasteiger partial charge on any atom is 0.233 e. The number of aliphatic hydroxyl groups excluding tert-OH is 1. The minimum atomic E-state index is -0.962. The second-order valence-corrected chi connectivity index (χ2v) is 2.87. The molecular weight excluding hydrogens is 166 g/mol. The molecule has 0 radical (unpaired) electrons. The lowest BCUT2D eigenvalue weighted by atomic mass is 10.2. The Hall–Kier alpha value is -0.940. The molecule has 1 atom stereocenters. The minimum Gasteiger partial charge on any atom is -0.381 e. The van der Waals surface area contributed by atoms with Crippen molar-refractivity contribution in [1.29, 1.82) is 0 Å². The van der Waals surface area contributed by atoms with Crippen LogP contribution in [-0.4, -0.2) is 16.6 Å². The van der Waals surface area contributed by atoms with Gasteiger partial charge >= 0.3 is 0 Å². The molecule has 0 aliphatic rings. The Kier molecular flexibility index (Phi) is 2.56. The zero-order valence-corrected chi connectivity index (χ0v) is 6.45. The molecule has 0 aliphatic carbocycles. The van der Waals surface area contributed by atoms with E-state index in [0.717, 1.165) is 0 Å². The third kappa shape index (κ3) is 2.28. The van der Waals surface area contributed by atoms with E-state index >= 15 is 0 Å². The van der Waals surface area contributed by atoms with Crippen molar-refractivity contribution in [2.45, 2.75) is 6.10 Å². The van der Waals surface area contributed by atoms with Crippen molar-refractivity contribution in [2.75, 3.05) is 6.54 Å². The fourth-order valence-electron chi connectivity index (χ4n) is 0.711. The largest absolute Gasteiger partial charge is 0.381 e. The Morgan fingerprint density at radius 1 is 1.82 bits per heavy atom. The minimum absolute atomic E-state index is 0.420. The number of hydrogen-bond donors (Lipinski definition) is 1. The predicted octanol–water partition coefficient (Wildman–Crippen LogP) is 1.06. The van der Waals surface area contributed by atoms with Crippen LogP contribution < -0.4 is 0 Å². The van der Waals surface area contributed by atoms with Gasteiger partial charge in [-0.15, -0.1) is 0 Å². The molecule has 5 heteroatoms. The summed E-state index contributed by atoms with van der Waals surface area (Å²) < 4.78 is 0. The van der Waals surface area contributed by atoms with Gasteiger partial charge in [-0.3, -0.25) is 10.1 Å². The summed E-state index contributed by atoms with van der Waals surface area (Å²) in [6, 6.07) is 1.68. The number of thiophene rings is 1. The Morgan fingerprint density at radius 3 is 3.00 bits per heavy atom. The monoisotopic (exact) mass is 173 g/mol. The number of aliphatic hydroxyl groups is 1. The third-order valence-electron chi connectivity index (χ3n) is 1.25. The molecule has 1 aromatic rings. The van der Waals surface area contributed by atoms with E-state index in [-0.39, 0.29) is 0 Å². The molecule has 0 spiro atoms. The lowest BCUT2D eigenvalue weighted by Gasteiger charge is -2.00. The molecule has 11 heavy (non-hydrogen) atoms. The van der Waals surface area contributed by atoms with Gasteiger partial charge in [0.2, 0.25) is 6.54 Å². The molecule has 0 saturated carbocycles. The molecule has 1 aromatic heterocycles. The third-order valence-corrected chi connectivity index (χ3v) is 1.95. The van der Waals surface area contributed by atoms with Gasteiger partial charge in [0.1, 0.15) is 6.10 Å². The summed E-state index contributed by atoms with van der Waals surface area (Å²) in [6.07, 6.45) is -0.962. The average molecular weight is 173 g/mol. The molecule has 1 N–H and O–H groups in total. The number of hydrogen-bond acceptors (Lipinski definition) is 4. The number of nitro groups is 1. The van der Waals surface area contributed by atoms with E-state index in [2.05, 4.69) is 0 Å². The highest BCUT2D eigenvalue weighted by Gasteiger charge is 2.13. The SMILES string of the molecule is O=[N+]([O-])CC(O)c1ccsc1. The van der Waals surface area contributed by atoms with Crippen LogP contribution in [0.15, 0.2) is 16.8 Å². The predicted molar refractivity (Wildman–Crippen MR) is 41.1 cm³/mol. The summed E-state index contributed by atoms with van der Waals surface area (Å²) in [7, 11) is 0. The van der Waals surface area contributed by atoms with Gasteiger partial charge in [0.15, 0.2) is 0 Å². The zero-order valence-electron chi connectivity index (χ0n) is 5.64. The van der Waals surface area contributed by atoms with Crippen LogP contribution in [0.2, 0.25) is 0 Å². The average Bonchev–Trinajstić information content (AvgIpc) is 2.35. The van der Waals surface area contributed by atoms with Gasteiger partial charge in [0.05, 0.1) is 0 Å². The quantitative estimate of drug-likeness (QED) is 0.549. The van der Waals surface area contributed by atoms with E-state index in [1.807, 2.05) is 0 Å². The summed E-state index contributed by atoms with van der Waals surface area (Å²) in [5, 5.41) is 22.6. The smallest absolute Gasteiger partial charge is 0.233 e. The topological polar surface area (TPSA) is 63.4 Å². The summed E-state index contributed by atoms with van der Waals surface area (Å²) in [6.45, 7) is -0.420. The second-order valence-electron chi connectivity index (χ2n) is 2.09. The summed E-state index contributed by atoms with van der Waals surface area (Å²) >= 11 is 1.41. The van der Waals surface area contributed by atoms with Crippen LogP contribution in [0.3, 0.4) is 0 Å². The standard InChI is InChI=1S/C6H7NO3S/c8-6(3-7(9)10)5-1-2-11-4-5/h1-2,4,6,8H,3H2. The molecule has 1 unspecified atom stereocenters.